The zero-order chi connectivity index (χ0) is 25.5. The van der Waals surface area contributed by atoms with Gasteiger partial charge in [-0.3, -0.25) is 9.69 Å². The van der Waals surface area contributed by atoms with Gasteiger partial charge in [-0.2, -0.15) is 0 Å². The van der Waals surface area contributed by atoms with E-state index in [2.05, 4.69) is 18.7 Å². The molecule has 9 nitrogen and oxygen atoms in total. The van der Waals surface area contributed by atoms with Crippen LogP contribution < -0.4 is 0 Å². The lowest BCUT2D eigenvalue weighted by molar-refractivity contribution is -0.332. The molecule has 3 spiro atoms. The van der Waals surface area contributed by atoms with Crippen molar-refractivity contribution in [2.75, 3.05) is 41.2 Å². The summed E-state index contributed by atoms with van der Waals surface area (Å²) in [6.45, 7) is 7.72. The first-order valence-corrected chi connectivity index (χ1v) is 13.7. The van der Waals surface area contributed by atoms with Gasteiger partial charge in [0, 0.05) is 59.0 Å². The maximum Gasteiger partial charge on any atom is 0.303 e. The zero-order valence-corrected chi connectivity index (χ0v) is 22.3. The van der Waals surface area contributed by atoms with E-state index >= 15 is 0 Å². The van der Waals surface area contributed by atoms with Crippen LogP contribution in [0, 0.1) is 28.6 Å². The van der Waals surface area contributed by atoms with Crippen molar-refractivity contribution in [3.63, 3.8) is 0 Å². The molecule has 13 atom stereocenters. The van der Waals surface area contributed by atoms with Crippen LogP contribution in [0.3, 0.4) is 0 Å². The van der Waals surface area contributed by atoms with E-state index in [0.717, 1.165) is 25.9 Å². The summed E-state index contributed by atoms with van der Waals surface area (Å²) in [5.41, 5.74) is -3.94. The first kappa shape index (κ1) is 24.2. The molecule has 0 aromatic carbocycles. The molecular weight excluding hydrogens is 466 g/mol. The number of piperidine rings is 1. The largest absolute Gasteiger partial charge is 0.459 e. The highest BCUT2D eigenvalue weighted by molar-refractivity contribution is 5.67. The van der Waals surface area contributed by atoms with Gasteiger partial charge in [0.15, 0.2) is 5.60 Å². The molecule has 9 heteroatoms. The summed E-state index contributed by atoms with van der Waals surface area (Å²) in [6.07, 6.45) is 1.69. The molecule has 0 unspecified atom stereocenters. The van der Waals surface area contributed by atoms with E-state index in [1.807, 2.05) is 0 Å². The molecule has 5 aliphatic carbocycles. The Kier molecular flexibility index (Phi) is 4.87. The summed E-state index contributed by atoms with van der Waals surface area (Å²) >= 11 is 0. The fraction of sp³-hybridized carbons (Fsp3) is 0.963. The Hall–Kier alpha value is -0.810. The predicted octanol–water partition coefficient (Wildman–Crippen LogP) is 1.35. The topological polar surface area (TPSA) is 95.9 Å². The molecule has 0 radical (unpaired) electrons. The third-order valence-corrected chi connectivity index (χ3v) is 12.2. The van der Waals surface area contributed by atoms with Crippen molar-refractivity contribution in [2.45, 2.75) is 93.7 Å². The molecular formula is C27H41NO8. The fourth-order valence-corrected chi connectivity index (χ4v) is 11.7. The van der Waals surface area contributed by atoms with Crippen LogP contribution in [0.1, 0.15) is 46.5 Å². The van der Waals surface area contributed by atoms with Crippen molar-refractivity contribution in [1.29, 1.82) is 0 Å². The number of likely N-dealkylation sites (N-methyl/N-ethyl adjacent to an activating group) is 1. The Morgan fingerprint density at radius 3 is 2.53 bits per heavy atom. The number of carbonyl (C=O) groups is 1. The summed E-state index contributed by atoms with van der Waals surface area (Å²) in [6, 6.07) is -0.224. The highest BCUT2D eigenvalue weighted by Crippen LogP contribution is 2.83. The Bertz CT molecular complexity index is 979. The smallest absolute Gasteiger partial charge is 0.303 e. The minimum atomic E-state index is -1.16. The molecule has 2 aliphatic heterocycles. The average molecular weight is 508 g/mol. The van der Waals surface area contributed by atoms with Gasteiger partial charge in [-0.25, -0.2) is 0 Å². The van der Waals surface area contributed by atoms with Crippen molar-refractivity contribution in [1.82, 2.24) is 4.90 Å². The van der Waals surface area contributed by atoms with Crippen molar-refractivity contribution < 1.29 is 38.3 Å². The van der Waals surface area contributed by atoms with Crippen molar-refractivity contribution in [2.24, 2.45) is 28.6 Å². The van der Waals surface area contributed by atoms with Crippen LogP contribution in [-0.4, -0.2) is 104 Å². The summed E-state index contributed by atoms with van der Waals surface area (Å²) in [7, 11) is 5.23. The second kappa shape index (κ2) is 7.23. The molecule has 2 saturated heterocycles. The number of methoxy groups -OCH3 is 3. The minimum Gasteiger partial charge on any atom is -0.459 e. The van der Waals surface area contributed by atoms with Gasteiger partial charge in [-0.1, -0.05) is 13.8 Å². The van der Waals surface area contributed by atoms with E-state index in [0.29, 0.717) is 12.8 Å². The number of esters is 1. The van der Waals surface area contributed by atoms with Gasteiger partial charge >= 0.3 is 5.97 Å². The maximum absolute atomic E-state index is 13.4. The fourth-order valence-electron chi connectivity index (χ4n) is 11.7. The number of aliphatic hydroxyl groups is 1. The van der Waals surface area contributed by atoms with Gasteiger partial charge in [0.2, 0.25) is 0 Å². The lowest BCUT2D eigenvalue weighted by atomic mass is 9.41. The Balaban J connectivity index is 1.61. The number of ether oxygens (including phenoxy) is 6. The monoisotopic (exact) mass is 507 g/mol. The number of hydrogen-bond acceptors (Lipinski definition) is 9. The molecule has 7 rings (SSSR count). The first-order chi connectivity index (χ1) is 17.2. The summed E-state index contributed by atoms with van der Waals surface area (Å²) in [5, 5.41) is 13.4. The highest BCUT2D eigenvalue weighted by atomic mass is 16.7. The van der Waals surface area contributed by atoms with E-state index in [9.17, 15) is 9.90 Å². The van der Waals surface area contributed by atoms with Gasteiger partial charge in [0.1, 0.15) is 18.5 Å². The predicted molar refractivity (Wildman–Crippen MR) is 126 cm³/mol. The SMILES string of the molecule is CCN1C[C@]2(C)CC[C@H](OC)[C@@]34[C@@H]2[C@H](OC(C)=O)[C@]2(OCO[C@@]25C[C@H](OC)[C@H]2C[C@]3(O)[C@@H]5[C@H]2OC)[C@@H]14. The lowest BCUT2D eigenvalue weighted by Crippen LogP contribution is -2.85. The number of rotatable bonds is 5. The van der Waals surface area contributed by atoms with Gasteiger partial charge in [-0.05, 0) is 31.2 Å². The summed E-state index contributed by atoms with van der Waals surface area (Å²) in [4.78, 5) is 15.3. The van der Waals surface area contributed by atoms with Crippen LogP contribution in [0.5, 0.6) is 0 Å². The third kappa shape index (κ3) is 2.16. The molecule has 2 heterocycles. The maximum atomic E-state index is 13.4. The normalized spacial score (nSPS) is 60.2. The van der Waals surface area contributed by atoms with Crippen molar-refractivity contribution in [3.8, 4) is 0 Å². The van der Waals surface area contributed by atoms with E-state index in [4.69, 9.17) is 28.4 Å². The Labute approximate surface area is 213 Å². The number of hydrogen-bond donors (Lipinski definition) is 1. The molecule has 7 bridgehead atoms. The Morgan fingerprint density at radius 2 is 1.89 bits per heavy atom. The van der Waals surface area contributed by atoms with Crippen LogP contribution in [0.15, 0.2) is 0 Å². The van der Waals surface area contributed by atoms with E-state index in [1.165, 1.54) is 6.92 Å². The number of likely N-dealkylation sites (tertiary alicyclic amines) is 1. The number of fused-ring (bicyclic) bond motifs is 1. The molecule has 5 saturated carbocycles. The van der Waals surface area contributed by atoms with Crippen LogP contribution in [-0.2, 0) is 33.2 Å². The van der Waals surface area contributed by atoms with Gasteiger partial charge in [0.05, 0.1) is 35.4 Å². The molecule has 0 aromatic rings. The van der Waals surface area contributed by atoms with E-state index in [1.54, 1.807) is 21.3 Å². The minimum absolute atomic E-state index is 0.0317. The average Bonchev–Trinajstić information content (AvgIpc) is 3.40. The van der Waals surface area contributed by atoms with Gasteiger partial charge in [0.25, 0.3) is 0 Å². The summed E-state index contributed by atoms with van der Waals surface area (Å²) < 4.78 is 38.7. The van der Waals surface area contributed by atoms with Crippen LogP contribution >= 0.6 is 0 Å². The van der Waals surface area contributed by atoms with Gasteiger partial charge in [-0.15, -0.1) is 0 Å². The zero-order valence-electron chi connectivity index (χ0n) is 22.3. The van der Waals surface area contributed by atoms with Crippen molar-refractivity contribution in [3.05, 3.63) is 0 Å². The van der Waals surface area contributed by atoms with Crippen LogP contribution in [0.4, 0.5) is 0 Å². The Morgan fingerprint density at radius 1 is 1.11 bits per heavy atom. The molecule has 36 heavy (non-hydrogen) atoms. The molecule has 1 N–H and O–H groups in total. The highest BCUT2D eigenvalue weighted by Gasteiger charge is 2.97. The molecule has 0 aromatic heterocycles. The summed E-state index contributed by atoms with van der Waals surface area (Å²) in [5.74, 6) is -0.771. The molecule has 202 valence electrons. The van der Waals surface area contributed by atoms with Crippen LogP contribution in [0.2, 0.25) is 0 Å². The first-order valence-electron chi connectivity index (χ1n) is 13.7. The standard InChI is InChI=1S/C27H41NO8/c1-7-28-12-23(3)9-8-17(32-5)26-20(23)21(36-14(2)29)27(22(26)28)25(34-13-35-27)11-16(31-4)15-10-24(26,30)19(25)18(15)33-6/h15-22,30H,7-13H2,1-6H3/t15-,16+,17+,18+,19+,20-,21+,22+,23+,24+,25-,26+,27+/m1/s1. The van der Waals surface area contributed by atoms with Crippen LogP contribution in [0.25, 0.3) is 0 Å². The van der Waals surface area contributed by atoms with E-state index in [-0.39, 0.29) is 60.3 Å². The molecule has 7 fully saturated rings. The number of carbonyl (C=O) groups excluding carboxylic acids is 1. The molecule has 0 amide bonds. The quantitative estimate of drug-likeness (QED) is 0.553. The van der Waals surface area contributed by atoms with Crippen molar-refractivity contribution >= 4 is 5.97 Å². The van der Waals surface area contributed by atoms with Gasteiger partial charge < -0.3 is 33.5 Å². The molecule has 7 aliphatic rings. The second-order valence-corrected chi connectivity index (χ2v) is 12.9. The third-order valence-electron chi connectivity index (χ3n) is 12.2. The second-order valence-electron chi connectivity index (χ2n) is 12.9. The number of nitrogens with zero attached hydrogens (tertiary/aromatic N) is 1. The lowest BCUT2D eigenvalue weighted by Gasteiger charge is -2.71. The van der Waals surface area contributed by atoms with E-state index < -0.39 is 28.3 Å².